The predicted octanol–water partition coefficient (Wildman–Crippen LogP) is 8.92. The molecule has 232 valence electrons. The van der Waals surface area contributed by atoms with E-state index in [0.29, 0.717) is 25.8 Å². The fraction of sp³-hybridized carbons (Fsp3) is 0.395. The molecule has 2 aromatic rings. The van der Waals surface area contributed by atoms with Gasteiger partial charge in [-0.2, -0.15) is 5.10 Å². The molecule has 1 N–H and O–H groups in total. The van der Waals surface area contributed by atoms with Gasteiger partial charge in [0.05, 0.1) is 17.2 Å². The molecule has 0 amide bonds. The first-order valence-corrected chi connectivity index (χ1v) is 16.0. The molecular formula is C38H48N4O2. The highest BCUT2D eigenvalue weighted by Gasteiger charge is 2.30. The molecule has 1 saturated carbocycles. The summed E-state index contributed by atoms with van der Waals surface area (Å²) in [5.41, 5.74) is 8.82. The van der Waals surface area contributed by atoms with E-state index in [-0.39, 0.29) is 18.9 Å². The van der Waals surface area contributed by atoms with E-state index >= 15 is 0 Å². The van der Waals surface area contributed by atoms with Crippen LogP contribution in [0.1, 0.15) is 81.7 Å². The summed E-state index contributed by atoms with van der Waals surface area (Å²) in [6.07, 6.45) is 19.6. The standard InChI is InChI=1S/C38H46N4O2.H2/c1-26-10-9-13-31(20-26)27(2)16-18-41(5)38-25-32(22-30-11-7-6-8-12-30)35-23-33(24-37(35)39-38)36-21-28(3)42(40-36)19-17-34(44)15-14-29(4)43;/h9-10,13,16,18,20-21,23-25,30,35,43H,2,4,6-8,11-12,14-15,17,19,22H2,1,3,5H3;1H/b18-16-;. The van der Waals surface area contributed by atoms with Gasteiger partial charge in [0.2, 0.25) is 0 Å². The lowest BCUT2D eigenvalue weighted by atomic mass is 9.80. The molecule has 6 heteroatoms. The number of aliphatic hydroxyl groups is 1. The van der Waals surface area contributed by atoms with Crippen LogP contribution >= 0.6 is 0 Å². The Morgan fingerprint density at radius 3 is 2.66 bits per heavy atom. The Hall–Kier alpha value is -4.19. The van der Waals surface area contributed by atoms with Gasteiger partial charge in [0.1, 0.15) is 11.6 Å². The van der Waals surface area contributed by atoms with Crippen molar-refractivity contribution < 1.29 is 11.3 Å². The first kappa shape index (κ1) is 31.2. The van der Waals surface area contributed by atoms with Crippen molar-refractivity contribution in [2.75, 3.05) is 7.05 Å². The first-order valence-electron chi connectivity index (χ1n) is 16.0. The van der Waals surface area contributed by atoms with Crippen LogP contribution in [-0.2, 0) is 11.3 Å². The Morgan fingerprint density at radius 1 is 1.11 bits per heavy atom. The Morgan fingerprint density at radius 2 is 1.91 bits per heavy atom. The SMILES string of the molecule is C=C(O)CCC(=O)CCn1nc(C2=CC3C(CC4CCCCC4)=CC(N(C)/C=C\C(=C)c4cccc(C)c4)=NC3=C2)cc1C.[HH]. The number of aromatic nitrogens is 2. The second-order valence-electron chi connectivity index (χ2n) is 12.6. The monoisotopic (exact) mass is 592 g/mol. The predicted molar refractivity (Wildman–Crippen MR) is 183 cm³/mol. The van der Waals surface area contributed by atoms with E-state index in [4.69, 9.17) is 10.1 Å². The summed E-state index contributed by atoms with van der Waals surface area (Å²) in [5.74, 6) is 1.97. The van der Waals surface area contributed by atoms with Crippen molar-refractivity contribution in [1.82, 2.24) is 14.7 Å². The molecule has 2 heterocycles. The highest BCUT2D eigenvalue weighted by Crippen LogP contribution is 2.42. The van der Waals surface area contributed by atoms with E-state index in [1.807, 2.05) is 11.6 Å². The lowest BCUT2D eigenvalue weighted by Gasteiger charge is -2.29. The zero-order valence-corrected chi connectivity index (χ0v) is 26.6. The summed E-state index contributed by atoms with van der Waals surface area (Å²) < 4.78 is 1.91. The van der Waals surface area contributed by atoms with Crippen LogP contribution in [0.3, 0.4) is 0 Å². The number of aryl methyl sites for hydroxylation is 3. The summed E-state index contributed by atoms with van der Waals surface area (Å²) in [6, 6.07) is 10.5. The number of Topliss-reactive ketones (excluding diaryl/α,β-unsaturated/α-hetero) is 1. The van der Waals surface area contributed by atoms with E-state index in [2.05, 4.69) is 92.9 Å². The minimum Gasteiger partial charge on any atom is -0.513 e. The summed E-state index contributed by atoms with van der Waals surface area (Å²) in [4.78, 5) is 19.5. The molecule has 1 atom stereocenters. The summed E-state index contributed by atoms with van der Waals surface area (Å²) in [6.45, 7) is 12.4. The molecule has 0 spiro atoms. The molecule has 0 bridgehead atoms. The van der Waals surface area contributed by atoms with E-state index in [0.717, 1.165) is 52.0 Å². The maximum absolute atomic E-state index is 12.3. The molecule has 0 saturated heterocycles. The zero-order valence-electron chi connectivity index (χ0n) is 26.6. The van der Waals surface area contributed by atoms with Gasteiger partial charge in [0.15, 0.2) is 0 Å². The highest BCUT2D eigenvalue weighted by atomic mass is 16.3. The number of nitrogens with zero attached hydrogens (tertiary/aromatic N) is 4. The van der Waals surface area contributed by atoms with Crippen LogP contribution in [0, 0.1) is 25.7 Å². The number of carbonyl (C=O) groups is 1. The third kappa shape index (κ3) is 7.85. The number of amidine groups is 1. The largest absolute Gasteiger partial charge is 0.513 e. The van der Waals surface area contributed by atoms with Gasteiger partial charge < -0.3 is 10.0 Å². The topological polar surface area (TPSA) is 70.7 Å². The molecule has 5 rings (SSSR count). The molecule has 2 aliphatic carbocycles. The number of fused-ring (bicyclic) bond motifs is 1. The normalized spacial score (nSPS) is 18.4. The van der Waals surface area contributed by atoms with Gasteiger partial charge in [-0.05, 0) is 61.6 Å². The Labute approximate surface area is 264 Å². The number of carbonyl (C=O) groups excluding carboxylic acids is 1. The molecule has 1 fully saturated rings. The number of aliphatic imine (C=N–C) groups is 1. The molecule has 0 radical (unpaired) electrons. The van der Waals surface area contributed by atoms with Crippen LogP contribution in [0.25, 0.3) is 11.1 Å². The maximum atomic E-state index is 12.3. The summed E-state index contributed by atoms with van der Waals surface area (Å²) in [5, 5.41) is 14.2. The third-order valence-electron chi connectivity index (χ3n) is 9.00. The average molecular weight is 593 g/mol. The number of ketones is 1. The Bertz CT molecular complexity index is 1580. The van der Waals surface area contributed by atoms with E-state index in [1.165, 1.54) is 43.2 Å². The molecule has 1 aromatic heterocycles. The summed E-state index contributed by atoms with van der Waals surface area (Å²) in [7, 11) is 2.06. The minimum atomic E-state index is 0. The second-order valence-corrected chi connectivity index (χ2v) is 12.6. The van der Waals surface area contributed by atoms with E-state index in [9.17, 15) is 9.90 Å². The van der Waals surface area contributed by atoms with Gasteiger partial charge in [-0.1, -0.05) is 86.7 Å². The average Bonchev–Trinajstić information content (AvgIpc) is 3.61. The van der Waals surface area contributed by atoms with Gasteiger partial charge in [-0.3, -0.25) is 9.48 Å². The van der Waals surface area contributed by atoms with E-state index in [1.54, 1.807) is 0 Å². The number of aliphatic hydroxyl groups excluding tert-OH is 1. The van der Waals surface area contributed by atoms with Gasteiger partial charge >= 0.3 is 0 Å². The Balaban J connectivity index is 0.00000461. The van der Waals surface area contributed by atoms with Crippen LogP contribution < -0.4 is 0 Å². The third-order valence-corrected chi connectivity index (χ3v) is 9.00. The van der Waals surface area contributed by atoms with Crippen molar-refractivity contribution in [2.24, 2.45) is 16.8 Å². The molecule has 44 heavy (non-hydrogen) atoms. The lowest BCUT2D eigenvalue weighted by molar-refractivity contribution is -0.119. The molecule has 6 nitrogen and oxygen atoms in total. The second kappa shape index (κ2) is 14.1. The number of hydrogen-bond donors (Lipinski definition) is 1. The smallest absolute Gasteiger partial charge is 0.135 e. The van der Waals surface area contributed by atoms with Crippen molar-refractivity contribution in [3.05, 3.63) is 114 Å². The number of dihydropyridines is 1. The lowest BCUT2D eigenvalue weighted by Crippen LogP contribution is -2.25. The number of allylic oxidation sites excluding steroid dienone is 6. The van der Waals surface area contributed by atoms with Crippen LogP contribution in [-0.4, -0.2) is 38.5 Å². The molecule has 3 aliphatic rings. The number of hydrogen-bond acceptors (Lipinski definition) is 5. The number of benzene rings is 1. The van der Waals surface area contributed by atoms with Crippen LogP contribution in [0.15, 0.2) is 96.0 Å². The van der Waals surface area contributed by atoms with Gasteiger partial charge in [-0.15, -0.1) is 0 Å². The number of likely N-dealkylation sites (N-methyl/N-ethyl adjacent to an activating group) is 1. The molecule has 1 aromatic carbocycles. The van der Waals surface area contributed by atoms with Crippen LogP contribution in [0.4, 0.5) is 0 Å². The minimum absolute atomic E-state index is 0. The van der Waals surface area contributed by atoms with Crippen molar-refractivity contribution in [3.63, 3.8) is 0 Å². The Kier molecular flexibility index (Phi) is 9.99. The van der Waals surface area contributed by atoms with Crippen molar-refractivity contribution in [1.29, 1.82) is 0 Å². The quantitative estimate of drug-likeness (QED) is 0.197. The molecular weight excluding hydrogens is 544 g/mol. The van der Waals surface area contributed by atoms with Crippen molar-refractivity contribution >= 4 is 22.8 Å². The number of rotatable bonds is 12. The fourth-order valence-corrected chi connectivity index (χ4v) is 6.37. The van der Waals surface area contributed by atoms with Gasteiger partial charge in [0, 0.05) is 57.7 Å². The summed E-state index contributed by atoms with van der Waals surface area (Å²) >= 11 is 0. The first-order chi connectivity index (χ1) is 21.2. The van der Waals surface area contributed by atoms with Gasteiger partial charge in [-0.25, -0.2) is 4.99 Å². The van der Waals surface area contributed by atoms with Crippen LogP contribution in [0.2, 0.25) is 0 Å². The maximum Gasteiger partial charge on any atom is 0.135 e. The highest BCUT2D eigenvalue weighted by molar-refractivity contribution is 5.97. The van der Waals surface area contributed by atoms with Gasteiger partial charge in [0.25, 0.3) is 0 Å². The van der Waals surface area contributed by atoms with Crippen molar-refractivity contribution in [2.45, 2.75) is 78.2 Å². The molecule has 1 aliphatic heterocycles. The van der Waals surface area contributed by atoms with Crippen LogP contribution in [0.5, 0.6) is 0 Å². The molecule has 1 unspecified atom stereocenters. The fourth-order valence-electron chi connectivity index (χ4n) is 6.37. The zero-order chi connectivity index (χ0) is 31.2. The van der Waals surface area contributed by atoms with Crippen molar-refractivity contribution in [3.8, 4) is 0 Å². The van der Waals surface area contributed by atoms with E-state index < -0.39 is 0 Å².